The van der Waals surface area contributed by atoms with E-state index in [2.05, 4.69) is 6.92 Å². The molecular formula is C19H18F3NO2S. The third-order valence-corrected chi connectivity index (χ3v) is 5.12. The van der Waals surface area contributed by atoms with Crippen LogP contribution < -0.4 is 4.90 Å². The number of rotatable bonds is 4. The Morgan fingerprint density at radius 1 is 1.08 bits per heavy atom. The van der Waals surface area contributed by atoms with Gasteiger partial charge in [-0.3, -0.25) is 0 Å². The molecule has 1 aliphatic heterocycles. The average Bonchev–Trinajstić information content (AvgIpc) is 2.61. The maximum Gasteiger partial charge on any atom is 0.419 e. The number of benzene rings is 2. The summed E-state index contributed by atoms with van der Waals surface area (Å²) < 4.78 is 44.5. The first-order valence-electron chi connectivity index (χ1n) is 8.37. The number of hydrogen-bond acceptors (Lipinski definition) is 3. The van der Waals surface area contributed by atoms with E-state index >= 15 is 0 Å². The fourth-order valence-electron chi connectivity index (χ4n) is 2.71. The van der Waals surface area contributed by atoms with Gasteiger partial charge in [0.25, 0.3) is 0 Å². The second-order valence-corrected chi connectivity index (χ2v) is 6.99. The Morgan fingerprint density at radius 3 is 2.54 bits per heavy atom. The summed E-state index contributed by atoms with van der Waals surface area (Å²) in [5, 5.41) is 0. The Labute approximate surface area is 154 Å². The van der Waals surface area contributed by atoms with Gasteiger partial charge in [0, 0.05) is 9.79 Å². The molecule has 138 valence electrons. The van der Waals surface area contributed by atoms with Crippen molar-refractivity contribution < 1.29 is 22.7 Å². The van der Waals surface area contributed by atoms with Crippen LogP contribution in [0.25, 0.3) is 0 Å². The molecule has 0 radical (unpaired) electrons. The minimum absolute atomic E-state index is 0.286. The predicted octanol–water partition coefficient (Wildman–Crippen LogP) is 6.63. The number of nitrogens with zero attached hydrogens (tertiary/aromatic N) is 1. The van der Waals surface area contributed by atoms with Crippen molar-refractivity contribution in [2.45, 2.75) is 42.2 Å². The molecular weight excluding hydrogens is 363 g/mol. The summed E-state index contributed by atoms with van der Waals surface area (Å²) in [5.41, 5.74) is 0.284. The van der Waals surface area contributed by atoms with Gasteiger partial charge in [-0.1, -0.05) is 43.7 Å². The monoisotopic (exact) mass is 381 g/mol. The largest absolute Gasteiger partial charge is 0.449 e. The van der Waals surface area contributed by atoms with Gasteiger partial charge in [0.2, 0.25) is 0 Å². The molecule has 0 N–H and O–H groups in total. The Balaban J connectivity index is 1.95. The van der Waals surface area contributed by atoms with Crippen LogP contribution in [0.3, 0.4) is 0 Å². The number of hydrogen-bond donors (Lipinski definition) is 0. The van der Waals surface area contributed by atoms with E-state index < -0.39 is 17.8 Å². The molecule has 2 aromatic rings. The zero-order chi connectivity index (χ0) is 18.7. The number of ether oxygens (including phenoxy) is 1. The Hall–Kier alpha value is -2.15. The van der Waals surface area contributed by atoms with Gasteiger partial charge in [0.1, 0.15) is 0 Å². The maximum absolute atomic E-state index is 13.0. The number of carbonyl (C=O) groups excluding carboxylic acids is 1. The molecule has 3 rings (SSSR count). The average molecular weight is 381 g/mol. The van der Waals surface area contributed by atoms with Gasteiger partial charge < -0.3 is 4.74 Å². The molecule has 1 aliphatic rings. The highest BCUT2D eigenvalue weighted by Crippen LogP contribution is 2.49. The van der Waals surface area contributed by atoms with Crippen molar-refractivity contribution in [2.75, 3.05) is 11.5 Å². The van der Waals surface area contributed by atoms with Crippen molar-refractivity contribution in [3.8, 4) is 0 Å². The second-order valence-electron chi connectivity index (χ2n) is 5.91. The molecule has 0 aliphatic carbocycles. The fourth-order valence-corrected chi connectivity index (χ4v) is 3.80. The molecule has 0 fully saturated rings. The molecule has 0 atom stereocenters. The zero-order valence-electron chi connectivity index (χ0n) is 14.2. The highest BCUT2D eigenvalue weighted by Gasteiger charge is 2.34. The van der Waals surface area contributed by atoms with E-state index in [0.717, 1.165) is 31.4 Å². The molecule has 1 amide bonds. The van der Waals surface area contributed by atoms with Crippen molar-refractivity contribution in [2.24, 2.45) is 0 Å². The summed E-state index contributed by atoms with van der Waals surface area (Å²) in [6.45, 7) is 2.34. The summed E-state index contributed by atoms with van der Waals surface area (Å²) in [4.78, 5) is 15.1. The first-order chi connectivity index (χ1) is 12.4. The van der Waals surface area contributed by atoms with Crippen LogP contribution in [0.4, 0.5) is 29.3 Å². The lowest BCUT2D eigenvalue weighted by Gasteiger charge is -2.30. The molecule has 0 saturated carbocycles. The normalized spacial score (nSPS) is 13.2. The molecule has 0 unspecified atom stereocenters. The van der Waals surface area contributed by atoms with Crippen LogP contribution in [0.5, 0.6) is 0 Å². The molecule has 0 spiro atoms. The van der Waals surface area contributed by atoms with Gasteiger partial charge in [0.05, 0.1) is 23.5 Å². The third-order valence-electron chi connectivity index (χ3n) is 4.01. The van der Waals surface area contributed by atoms with Crippen LogP contribution in [-0.2, 0) is 10.9 Å². The SMILES string of the molecule is CCCCCOC(=O)N1c2ccccc2Sc2cc(C(F)(F)F)ccc21. The van der Waals surface area contributed by atoms with Gasteiger partial charge in [-0.2, -0.15) is 13.2 Å². The number of anilines is 2. The van der Waals surface area contributed by atoms with Gasteiger partial charge in [-0.25, -0.2) is 9.69 Å². The number of alkyl halides is 3. The number of amides is 1. The second kappa shape index (κ2) is 7.61. The molecule has 0 bridgehead atoms. The van der Waals surface area contributed by atoms with E-state index in [0.29, 0.717) is 21.2 Å². The van der Waals surface area contributed by atoms with Gasteiger partial charge in [-0.05, 0) is 36.8 Å². The van der Waals surface area contributed by atoms with E-state index in [4.69, 9.17) is 4.74 Å². The van der Waals surface area contributed by atoms with E-state index in [9.17, 15) is 18.0 Å². The van der Waals surface area contributed by atoms with Crippen molar-refractivity contribution in [1.29, 1.82) is 0 Å². The van der Waals surface area contributed by atoms with Crippen molar-refractivity contribution in [3.63, 3.8) is 0 Å². The van der Waals surface area contributed by atoms with Gasteiger partial charge >= 0.3 is 12.3 Å². The van der Waals surface area contributed by atoms with Gasteiger partial charge in [-0.15, -0.1) is 0 Å². The van der Waals surface area contributed by atoms with E-state index in [-0.39, 0.29) is 6.61 Å². The first kappa shape index (κ1) is 18.6. The van der Waals surface area contributed by atoms with Crippen LogP contribution in [0.1, 0.15) is 31.7 Å². The van der Waals surface area contributed by atoms with E-state index in [1.54, 1.807) is 24.3 Å². The molecule has 3 nitrogen and oxygen atoms in total. The highest BCUT2D eigenvalue weighted by molar-refractivity contribution is 7.99. The highest BCUT2D eigenvalue weighted by atomic mass is 32.2. The predicted molar refractivity (Wildman–Crippen MR) is 95.0 cm³/mol. The molecule has 26 heavy (non-hydrogen) atoms. The van der Waals surface area contributed by atoms with Crippen molar-refractivity contribution >= 4 is 29.2 Å². The molecule has 0 aromatic heterocycles. The summed E-state index contributed by atoms with van der Waals surface area (Å²) in [7, 11) is 0. The topological polar surface area (TPSA) is 29.5 Å². The first-order valence-corrected chi connectivity index (χ1v) is 9.18. The number of halogens is 3. The molecule has 0 saturated heterocycles. The number of para-hydroxylation sites is 1. The lowest BCUT2D eigenvalue weighted by Crippen LogP contribution is -2.29. The molecule has 7 heteroatoms. The lowest BCUT2D eigenvalue weighted by molar-refractivity contribution is -0.137. The van der Waals surface area contributed by atoms with Crippen LogP contribution in [0.15, 0.2) is 52.3 Å². The molecule has 2 aromatic carbocycles. The van der Waals surface area contributed by atoms with Gasteiger partial charge in [0.15, 0.2) is 0 Å². The third kappa shape index (κ3) is 3.82. The Morgan fingerprint density at radius 2 is 1.81 bits per heavy atom. The van der Waals surface area contributed by atoms with Crippen LogP contribution >= 0.6 is 11.8 Å². The number of unbranched alkanes of at least 4 members (excludes halogenated alkanes) is 2. The van der Waals surface area contributed by atoms with E-state index in [1.165, 1.54) is 22.7 Å². The smallest absolute Gasteiger partial charge is 0.419 e. The number of carbonyl (C=O) groups is 1. The minimum atomic E-state index is -4.43. The van der Waals surface area contributed by atoms with Crippen LogP contribution in [-0.4, -0.2) is 12.7 Å². The summed E-state index contributed by atoms with van der Waals surface area (Å²) >= 11 is 1.22. The standard InChI is InChI=1S/C19H18F3NO2S/c1-2-3-6-11-25-18(24)23-14-7-4-5-8-16(14)26-17-12-13(19(20,21)22)9-10-15(17)23/h4-5,7-10,12H,2-3,6,11H2,1H3. The zero-order valence-corrected chi connectivity index (χ0v) is 15.0. The lowest BCUT2D eigenvalue weighted by atomic mass is 10.1. The van der Waals surface area contributed by atoms with E-state index in [1.807, 2.05) is 0 Å². The summed E-state index contributed by atoms with van der Waals surface area (Å²) in [5.74, 6) is 0. The van der Waals surface area contributed by atoms with Crippen LogP contribution in [0.2, 0.25) is 0 Å². The Bertz CT molecular complexity index is 808. The Kier molecular flexibility index (Phi) is 5.46. The van der Waals surface area contributed by atoms with Crippen molar-refractivity contribution in [1.82, 2.24) is 0 Å². The summed E-state index contributed by atoms with van der Waals surface area (Å²) in [6.07, 6.45) is -2.30. The quantitative estimate of drug-likeness (QED) is 0.556. The molecule has 1 heterocycles. The summed E-state index contributed by atoms with van der Waals surface area (Å²) in [6, 6.07) is 10.5. The van der Waals surface area contributed by atoms with Crippen molar-refractivity contribution in [3.05, 3.63) is 48.0 Å². The number of fused-ring (bicyclic) bond motifs is 2. The minimum Gasteiger partial charge on any atom is -0.449 e. The fraction of sp³-hybridized carbons (Fsp3) is 0.316. The maximum atomic E-state index is 13.0. The van der Waals surface area contributed by atoms with Crippen LogP contribution in [0, 0.1) is 0 Å².